The summed E-state index contributed by atoms with van der Waals surface area (Å²) in [5, 5.41) is 8.16. The van der Waals surface area contributed by atoms with E-state index >= 15 is 0 Å². The highest BCUT2D eigenvalue weighted by atomic mass is 16.1. The first-order valence-electron chi connectivity index (χ1n) is 8.80. The lowest BCUT2D eigenvalue weighted by Crippen LogP contribution is -2.32. The molecular formula is C18H21N7O. The Morgan fingerprint density at radius 3 is 2.88 bits per heavy atom. The lowest BCUT2D eigenvalue weighted by molar-refractivity contribution is -0.124. The van der Waals surface area contributed by atoms with Crippen LogP contribution in [0.1, 0.15) is 13.3 Å². The maximum Gasteiger partial charge on any atom is 0.224 e. The zero-order chi connectivity index (χ0) is 18.1. The summed E-state index contributed by atoms with van der Waals surface area (Å²) in [6.45, 7) is 4.04. The molecule has 0 saturated carbocycles. The molecule has 0 spiro atoms. The predicted molar refractivity (Wildman–Crippen MR) is 98.5 cm³/mol. The van der Waals surface area contributed by atoms with Crippen molar-refractivity contribution in [3.05, 3.63) is 30.7 Å². The number of nitrogens with zero attached hydrogens (tertiary/aromatic N) is 6. The Labute approximate surface area is 151 Å². The number of nitrogens with one attached hydrogen (secondary N) is 1. The molecule has 26 heavy (non-hydrogen) atoms. The minimum atomic E-state index is -0.0130. The standard InChI is InChI=1S/C18H21N7O/c1-3-20-18(26)13-6-9-25(11-13)17-14-10-21-24(2)16(14)22-15(23-17)12-4-7-19-8-5-12/h4-5,7-8,10,13H,3,6,9,11H2,1-2H3,(H,20,26)/t13-/m1/s1. The number of aromatic nitrogens is 5. The summed E-state index contributed by atoms with van der Waals surface area (Å²) in [5.41, 5.74) is 1.69. The van der Waals surface area contributed by atoms with Crippen LogP contribution >= 0.6 is 0 Å². The van der Waals surface area contributed by atoms with E-state index in [1.54, 1.807) is 23.3 Å². The minimum Gasteiger partial charge on any atom is -0.356 e. The molecule has 0 radical (unpaired) electrons. The third kappa shape index (κ3) is 2.87. The number of carbonyl (C=O) groups excluding carboxylic acids is 1. The lowest BCUT2D eigenvalue weighted by atomic mass is 10.1. The molecule has 0 aliphatic carbocycles. The van der Waals surface area contributed by atoms with Gasteiger partial charge < -0.3 is 10.2 Å². The zero-order valence-electron chi connectivity index (χ0n) is 14.9. The Hall–Kier alpha value is -3.03. The molecule has 1 fully saturated rings. The first-order valence-corrected chi connectivity index (χ1v) is 8.80. The molecule has 1 aliphatic heterocycles. The van der Waals surface area contributed by atoms with Crippen molar-refractivity contribution in [1.82, 2.24) is 30.0 Å². The number of rotatable bonds is 4. The minimum absolute atomic E-state index is 0.0130. The molecule has 8 heteroatoms. The largest absolute Gasteiger partial charge is 0.356 e. The molecule has 8 nitrogen and oxygen atoms in total. The van der Waals surface area contributed by atoms with E-state index in [1.807, 2.05) is 26.1 Å². The van der Waals surface area contributed by atoms with E-state index in [2.05, 4.69) is 25.3 Å². The highest BCUT2D eigenvalue weighted by Crippen LogP contribution is 2.30. The van der Waals surface area contributed by atoms with Crippen LogP contribution in [-0.4, -0.2) is 50.3 Å². The molecule has 1 amide bonds. The van der Waals surface area contributed by atoms with E-state index in [0.717, 1.165) is 35.4 Å². The molecular weight excluding hydrogens is 330 g/mol. The number of fused-ring (bicyclic) bond motifs is 1. The van der Waals surface area contributed by atoms with Crippen LogP contribution in [0.3, 0.4) is 0 Å². The van der Waals surface area contributed by atoms with Gasteiger partial charge in [-0.3, -0.25) is 14.5 Å². The van der Waals surface area contributed by atoms with E-state index in [4.69, 9.17) is 4.98 Å². The molecule has 1 saturated heterocycles. The summed E-state index contributed by atoms with van der Waals surface area (Å²) >= 11 is 0. The highest BCUT2D eigenvalue weighted by molar-refractivity contribution is 5.89. The molecule has 1 aliphatic rings. The third-order valence-corrected chi connectivity index (χ3v) is 4.72. The van der Waals surface area contributed by atoms with Crippen molar-refractivity contribution < 1.29 is 4.79 Å². The first-order chi connectivity index (χ1) is 12.7. The summed E-state index contributed by atoms with van der Waals surface area (Å²) in [5.74, 6) is 1.57. The molecule has 1 atom stereocenters. The number of pyridine rings is 1. The van der Waals surface area contributed by atoms with E-state index < -0.39 is 0 Å². The zero-order valence-corrected chi connectivity index (χ0v) is 14.9. The number of hydrogen-bond donors (Lipinski definition) is 1. The molecule has 4 heterocycles. The van der Waals surface area contributed by atoms with Gasteiger partial charge in [-0.1, -0.05) is 0 Å². The van der Waals surface area contributed by atoms with Gasteiger partial charge in [-0.05, 0) is 25.5 Å². The third-order valence-electron chi connectivity index (χ3n) is 4.72. The van der Waals surface area contributed by atoms with Gasteiger partial charge in [0, 0.05) is 44.6 Å². The van der Waals surface area contributed by atoms with Crippen molar-refractivity contribution >= 4 is 22.8 Å². The number of amides is 1. The Morgan fingerprint density at radius 1 is 1.31 bits per heavy atom. The molecule has 134 valence electrons. The van der Waals surface area contributed by atoms with E-state index in [9.17, 15) is 4.79 Å². The summed E-state index contributed by atoms with van der Waals surface area (Å²) in [7, 11) is 1.87. The molecule has 3 aromatic rings. The SMILES string of the molecule is CCNC(=O)[C@@H]1CCN(c2nc(-c3ccncc3)nc3c2cnn3C)C1. The van der Waals surface area contributed by atoms with Gasteiger partial charge in [-0.2, -0.15) is 5.10 Å². The molecule has 0 aromatic carbocycles. The van der Waals surface area contributed by atoms with Gasteiger partial charge in [0.25, 0.3) is 0 Å². The van der Waals surface area contributed by atoms with Gasteiger partial charge in [-0.25, -0.2) is 9.97 Å². The van der Waals surface area contributed by atoms with Gasteiger partial charge in [0.2, 0.25) is 5.91 Å². The fourth-order valence-electron chi connectivity index (χ4n) is 3.36. The van der Waals surface area contributed by atoms with Crippen molar-refractivity contribution in [2.45, 2.75) is 13.3 Å². The van der Waals surface area contributed by atoms with Gasteiger partial charge in [0.05, 0.1) is 17.5 Å². The second kappa shape index (κ2) is 6.70. The van der Waals surface area contributed by atoms with Crippen molar-refractivity contribution in [3.63, 3.8) is 0 Å². The second-order valence-corrected chi connectivity index (χ2v) is 6.44. The van der Waals surface area contributed by atoms with E-state index in [0.29, 0.717) is 18.9 Å². The van der Waals surface area contributed by atoms with Crippen LogP contribution in [0.15, 0.2) is 30.7 Å². The second-order valence-electron chi connectivity index (χ2n) is 6.44. The Bertz CT molecular complexity index is 937. The van der Waals surface area contributed by atoms with Crippen LogP contribution in [-0.2, 0) is 11.8 Å². The van der Waals surface area contributed by atoms with Gasteiger partial charge >= 0.3 is 0 Å². The first kappa shape index (κ1) is 16.4. The topological polar surface area (TPSA) is 88.8 Å². The fourth-order valence-corrected chi connectivity index (χ4v) is 3.36. The summed E-state index contributed by atoms with van der Waals surface area (Å²) in [6, 6.07) is 3.78. The fraction of sp³-hybridized carbons (Fsp3) is 0.389. The highest BCUT2D eigenvalue weighted by Gasteiger charge is 2.30. The maximum atomic E-state index is 12.2. The van der Waals surface area contributed by atoms with Gasteiger partial charge in [0.1, 0.15) is 5.82 Å². The average Bonchev–Trinajstić information content (AvgIpc) is 3.30. The van der Waals surface area contributed by atoms with Crippen LogP contribution < -0.4 is 10.2 Å². The molecule has 3 aromatic heterocycles. The number of anilines is 1. The van der Waals surface area contributed by atoms with Crippen LogP contribution in [0.2, 0.25) is 0 Å². The summed E-state index contributed by atoms with van der Waals surface area (Å²) in [4.78, 5) is 27.9. The quantitative estimate of drug-likeness (QED) is 0.764. The van der Waals surface area contributed by atoms with Crippen molar-refractivity contribution in [3.8, 4) is 11.4 Å². The Balaban J connectivity index is 1.74. The van der Waals surface area contributed by atoms with Crippen LogP contribution in [0, 0.1) is 5.92 Å². The average molecular weight is 351 g/mol. The number of carbonyl (C=O) groups is 1. The van der Waals surface area contributed by atoms with Crippen molar-refractivity contribution in [1.29, 1.82) is 0 Å². The summed E-state index contributed by atoms with van der Waals surface area (Å²) < 4.78 is 1.75. The smallest absolute Gasteiger partial charge is 0.224 e. The van der Waals surface area contributed by atoms with Crippen molar-refractivity contribution in [2.75, 3.05) is 24.5 Å². The van der Waals surface area contributed by atoms with Gasteiger partial charge in [0.15, 0.2) is 11.5 Å². The van der Waals surface area contributed by atoms with Crippen LogP contribution in [0.25, 0.3) is 22.4 Å². The van der Waals surface area contributed by atoms with Crippen molar-refractivity contribution in [2.24, 2.45) is 13.0 Å². The predicted octanol–water partition coefficient (Wildman–Crippen LogP) is 1.39. The molecule has 4 rings (SSSR count). The van der Waals surface area contributed by atoms with Crippen LogP contribution in [0.4, 0.5) is 5.82 Å². The Kier molecular flexibility index (Phi) is 4.24. The van der Waals surface area contributed by atoms with E-state index in [1.165, 1.54) is 0 Å². The molecule has 1 N–H and O–H groups in total. The van der Waals surface area contributed by atoms with Gasteiger partial charge in [-0.15, -0.1) is 0 Å². The lowest BCUT2D eigenvalue weighted by Gasteiger charge is -2.19. The Morgan fingerprint density at radius 2 is 2.12 bits per heavy atom. The van der Waals surface area contributed by atoms with Crippen LogP contribution in [0.5, 0.6) is 0 Å². The monoisotopic (exact) mass is 351 g/mol. The molecule has 0 bridgehead atoms. The maximum absolute atomic E-state index is 12.2. The number of aryl methyl sites for hydroxylation is 1. The summed E-state index contributed by atoms with van der Waals surface area (Å²) in [6.07, 6.45) is 6.07. The van der Waals surface area contributed by atoms with E-state index in [-0.39, 0.29) is 11.8 Å². The normalized spacial score (nSPS) is 17.0. The molecule has 0 unspecified atom stereocenters. The number of hydrogen-bond acceptors (Lipinski definition) is 6.